The number of nitrogens with zero attached hydrogens (tertiary/aromatic N) is 2. The second kappa shape index (κ2) is 8.62. The average molecular weight is 312 g/mol. The van der Waals surface area contributed by atoms with Crippen LogP contribution in [0.25, 0.3) is 0 Å². The predicted octanol–water partition coefficient (Wildman–Crippen LogP) is 2.48. The Morgan fingerprint density at radius 2 is 1.82 bits per heavy atom. The number of piperidine rings is 1. The normalized spacial score (nSPS) is 27.4. The SMILES string of the molecule is COCCN1CCC(CN(C)CC2CCOC(C)(C)C2)CC1. The van der Waals surface area contributed by atoms with Crippen molar-refractivity contribution in [3.8, 4) is 0 Å². The first-order valence-electron chi connectivity index (χ1n) is 9.02. The van der Waals surface area contributed by atoms with Crippen molar-refractivity contribution in [1.82, 2.24) is 9.80 Å². The summed E-state index contributed by atoms with van der Waals surface area (Å²) in [5, 5.41) is 0. The Labute approximate surface area is 137 Å². The van der Waals surface area contributed by atoms with Crippen LogP contribution < -0.4 is 0 Å². The maximum Gasteiger partial charge on any atom is 0.0629 e. The summed E-state index contributed by atoms with van der Waals surface area (Å²) in [7, 11) is 4.10. The Bertz CT molecular complexity index is 314. The highest BCUT2D eigenvalue weighted by Gasteiger charge is 2.30. The molecule has 0 radical (unpaired) electrons. The van der Waals surface area contributed by atoms with Crippen LogP contribution in [0.2, 0.25) is 0 Å². The van der Waals surface area contributed by atoms with Gasteiger partial charge in [0.05, 0.1) is 12.2 Å². The van der Waals surface area contributed by atoms with Gasteiger partial charge in [-0.25, -0.2) is 0 Å². The second-order valence-corrected chi connectivity index (χ2v) is 7.97. The molecular weight excluding hydrogens is 276 g/mol. The lowest BCUT2D eigenvalue weighted by atomic mass is 9.87. The molecule has 2 saturated heterocycles. The monoisotopic (exact) mass is 312 g/mol. The smallest absolute Gasteiger partial charge is 0.0629 e. The zero-order chi connectivity index (χ0) is 16.0. The Morgan fingerprint density at radius 3 is 2.45 bits per heavy atom. The molecule has 0 bridgehead atoms. The molecule has 0 N–H and O–H groups in total. The Hall–Kier alpha value is -0.160. The molecule has 2 aliphatic heterocycles. The molecule has 22 heavy (non-hydrogen) atoms. The van der Waals surface area contributed by atoms with Crippen molar-refractivity contribution in [3.05, 3.63) is 0 Å². The summed E-state index contributed by atoms with van der Waals surface area (Å²) < 4.78 is 11.0. The van der Waals surface area contributed by atoms with Gasteiger partial charge >= 0.3 is 0 Å². The maximum absolute atomic E-state index is 5.84. The summed E-state index contributed by atoms with van der Waals surface area (Å²) in [6.07, 6.45) is 5.11. The number of methoxy groups -OCH3 is 1. The van der Waals surface area contributed by atoms with Crippen molar-refractivity contribution >= 4 is 0 Å². The minimum absolute atomic E-state index is 0.0798. The molecule has 1 unspecified atom stereocenters. The van der Waals surface area contributed by atoms with Crippen LogP contribution in [0.3, 0.4) is 0 Å². The highest BCUT2D eigenvalue weighted by molar-refractivity contribution is 4.81. The van der Waals surface area contributed by atoms with Gasteiger partial charge in [-0.15, -0.1) is 0 Å². The molecule has 2 aliphatic rings. The van der Waals surface area contributed by atoms with Crippen LogP contribution in [-0.4, -0.2) is 75.5 Å². The summed E-state index contributed by atoms with van der Waals surface area (Å²) in [6, 6.07) is 0. The van der Waals surface area contributed by atoms with Crippen LogP contribution >= 0.6 is 0 Å². The van der Waals surface area contributed by atoms with Gasteiger partial charge in [0.15, 0.2) is 0 Å². The van der Waals surface area contributed by atoms with Gasteiger partial charge in [-0.3, -0.25) is 0 Å². The van der Waals surface area contributed by atoms with Crippen molar-refractivity contribution in [1.29, 1.82) is 0 Å². The fourth-order valence-electron chi connectivity index (χ4n) is 4.08. The van der Waals surface area contributed by atoms with E-state index in [1.807, 2.05) is 0 Å². The lowest BCUT2D eigenvalue weighted by molar-refractivity contribution is -0.0764. The summed E-state index contributed by atoms with van der Waals surface area (Å²) in [4.78, 5) is 5.11. The van der Waals surface area contributed by atoms with Crippen LogP contribution in [0.15, 0.2) is 0 Å². The number of ether oxygens (including phenoxy) is 2. The number of hydrogen-bond donors (Lipinski definition) is 0. The third-order valence-electron chi connectivity index (χ3n) is 5.26. The Kier molecular flexibility index (Phi) is 7.13. The van der Waals surface area contributed by atoms with E-state index in [0.29, 0.717) is 0 Å². The molecule has 1 atom stereocenters. The fourth-order valence-corrected chi connectivity index (χ4v) is 4.08. The van der Waals surface area contributed by atoms with Gasteiger partial charge in [0.1, 0.15) is 0 Å². The molecule has 2 heterocycles. The van der Waals surface area contributed by atoms with Gasteiger partial charge in [-0.05, 0) is 71.5 Å². The highest BCUT2D eigenvalue weighted by atomic mass is 16.5. The molecule has 4 nitrogen and oxygen atoms in total. The first-order chi connectivity index (χ1) is 10.5. The zero-order valence-corrected chi connectivity index (χ0v) is 15.1. The van der Waals surface area contributed by atoms with Crippen LogP contribution in [-0.2, 0) is 9.47 Å². The third kappa shape index (κ3) is 6.15. The third-order valence-corrected chi connectivity index (χ3v) is 5.26. The van der Waals surface area contributed by atoms with E-state index < -0.39 is 0 Å². The molecule has 0 saturated carbocycles. The number of hydrogen-bond acceptors (Lipinski definition) is 4. The van der Waals surface area contributed by atoms with E-state index in [2.05, 4.69) is 30.7 Å². The molecule has 0 amide bonds. The van der Waals surface area contributed by atoms with E-state index in [1.165, 1.54) is 51.9 Å². The summed E-state index contributed by atoms with van der Waals surface area (Å²) in [6.45, 7) is 12.3. The van der Waals surface area contributed by atoms with Crippen LogP contribution in [0.1, 0.15) is 39.5 Å². The molecule has 2 fully saturated rings. The van der Waals surface area contributed by atoms with E-state index in [9.17, 15) is 0 Å². The van der Waals surface area contributed by atoms with Gasteiger partial charge in [0, 0.05) is 33.4 Å². The van der Waals surface area contributed by atoms with Crippen molar-refractivity contribution in [3.63, 3.8) is 0 Å². The van der Waals surface area contributed by atoms with E-state index in [4.69, 9.17) is 9.47 Å². The second-order valence-electron chi connectivity index (χ2n) is 7.97. The van der Waals surface area contributed by atoms with Gasteiger partial charge in [0.25, 0.3) is 0 Å². The van der Waals surface area contributed by atoms with E-state index in [1.54, 1.807) is 7.11 Å². The summed E-state index contributed by atoms with van der Waals surface area (Å²) >= 11 is 0. The van der Waals surface area contributed by atoms with Gasteiger partial charge < -0.3 is 19.3 Å². The first-order valence-corrected chi connectivity index (χ1v) is 9.02. The van der Waals surface area contributed by atoms with Crippen LogP contribution in [0, 0.1) is 11.8 Å². The number of rotatable bonds is 7. The molecule has 0 spiro atoms. The van der Waals surface area contributed by atoms with Crippen molar-refractivity contribution in [2.24, 2.45) is 11.8 Å². The first kappa shape index (κ1) is 18.2. The Morgan fingerprint density at radius 1 is 1.14 bits per heavy atom. The van der Waals surface area contributed by atoms with Gasteiger partial charge in [0.2, 0.25) is 0 Å². The average Bonchev–Trinajstić information content (AvgIpc) is 2.45. The standard InChI is InChI=1S/C18H36N2O2/c1-18(2)13-17(7-11-22-18)15-19(3)14-16-5-8-20(9-6-16)10-12-21-4/h16-17H,5-15H2,1-4H3. The summed E-state index contributed by atoms with van der Waals surface area (Å²) in [5.41, 5.74) is 0.0798. The van der Waals surface area contributed by atoms with Gasteiger partial charge in [-0.2, -0.15) is 0 Å². The zero-order valence-electron chi connectivity index (χ0n) is 15.1. The highest BCUT2D eigenvalue weighted by Crippen LogP contribution is 2.29. The minimum Gasteiger partial charge on any atom is -0.383 e. The lowest BCUT2D eigenvalue weighted by Gasteiger charge is -2.38. The fraction of sp³-hybridized carbons (Fsp3) is 1.00. The van der Waals surface area contributed by atoms with Crippen LogP contribution in [0.5, 0.6) is 0 Å². The molecule has 0 aliphatic carbocycles. The topological polar surface area (TPSA) is 24.9 Å². The lowest BCUT2D eigenvalue weighted by Crippen LogP contribution is -2.42. The van der Waals surface area contributed by atoms with Crippen molar-refractivity contribution in [2.75, 3.05) is 60.1 Å². The molecule has 2 rings (SSSR count). The van der Waals surface area contributed by atoms with E-state index in [-0.39, 0.29) is 5.60 Å². The number of likely N-dealkylation sites (tertiary alicyclic amines) is 1. The largest absolute Gasteiger partial charge is 0.383 e. The predicted molar refractivity (Wildman–Crippen MR) is 91.3 cm³/mol. The quantitative estimate of drug-likeness (QED) is 0.721. The van der Waals surface area contributed by atoms with Crippen LogP contribution in [0.4, 0.5) is 0 Å². The molecule has 130 valence electrons. The maximum atomic E-state index is 5.84. The van der Waals surface area contributed by atoms with E-state index in [0.717, 1.165) is 31.6 Å². The molecule has 0 aromatic rings. The molecule has 0 aromatic carbocycles. The van der Waals surface area contributed by atoms with Crippen molar-refractivity contribution in [2.45, 2.75) is 45.1 Å². The Balaban J connectivity index is 1.64. The summed E-state index contributed by atoms with van der Waals surface area (Å²) in [5.74, 6) is 1.67. The molecule has 4 heteroatoms. The molecule has 0 aromatic heterocycles. The van der Waals surface area contributed by atoms with Crippen molar-refractivity contribution < 1.29 is 9.47 Å². The van der Waals surface area contributed by atoms with Gasteiger partial charge in [-0.1, -0.05) is 0 Å². The molecular formula is C18H36N2O2. The minimum atomic E-state index is 0.0798. The van der Waals surface area contributed by atoms with E-state index >= 15 is 0 Å².